The standard InChI is InChI=1S/C16H11BrF3N3OS/c17-11-3-6-14-22-12(9-23(14)8-11)7-21-15(24)10-1-4-13(5-2-10)25-16(18,19)20/h1-6,8-9H,7H2,(H,21,24). The number of carbonyl (C=O) groups is 1. The van der Waals surface area contributed by atoms with Gasteiger partial charge in [-0.1, -0.05) is 0 Å². The van der Waals surface area contributed by atoms with E-state index >= 15 is 0 Å². The molecule has 0 spiro atoms. The number of aromatic nitrogens is 2. The average molecular weight is 430 g/mol. The minimum atomic E-state index is -4.35. The molecule has 2 aromatic heterocycles. The molecule has 0 atom stereocenters. The number of nitrogens with one attached hydrogen (secondary N) is 1. The van der Waals surface area contributed by atoms with Crippen LogP contribution in [0, 0.1) is 0 Å². The summed E-state index contributed by atoms with van der Waals surface area (Å²) < 4.78 is 39.6. The lowest BCUT2D eigenvalue weighted by molar-refractivity contribution is -0.0328. The topological polar surface area (TPSA) is 46.4 Å². The zero-order valence-electron chi connectivity index (χ0n) is 12.5. The van der Waals surface area contributed by atoms with Crippen molar-refractivity contribution in [3.8, 4) is 0 Å². The molecule has 1 amide bonds. The Bertz CT molecular complexity index is 909. The molecule has 0 saturated carbocycles. The van der Waals surface area contributed by atoms with Crippen molar-refractivity contribution in [2.75, 3.05) is 0 Å². The van der Waals surface area contributed by atoms with Gasteiger partial charge in [0.05, 0.1) is 12.2 Å². The molecular weight excluding hydrogens is 419 g/mol. The van der Waals surface area contributed by atoms with Crippen molar-refractivity contribution in [3.05, 3.63) is 64.5 Å². The number of benzene rings is 1. The second-order valence-corrected chi connectivity index (χ2v) is 7.15. The summed E-state index contributed by atoms with van der Waals surface area (Å²) in [7, 11) is 0. The average Bonchev–Trinajstić information content (AvgIpc) is 2.93. The van der Waals surface area contributed by atoms with Gasteiger partial charge in [-0.2, -0.15) is 13.2 Å². The molecule has 0 fully saturated rings. The van der Waals surface area contributed by atoms with Gasteiger partial charge in [-0.3, -0.25) is 4.79 Å². The monoisotopic (exact) mass is 429 g/mol. The minimum absolute atomic E-state index is 0.0370. The summed E-state index contributed by atoms with van der Waals surface area (Å²) in [6, 6.07) is 8.98. The number of pyridine rings is 1. The van der Waals surface area contributed by atoms with Gasteiger partial charge in [0.15, 0.2) is 0 Å². The summed E-state index contributed by atoms with van der Waals surface area (Å²) in [5, 5.41) is 2.70. The molecule has 0 aliphatic carbocycles. The van der Waals surface area contributed by atoms with Crippen LogP contribution in [0.25, 0.3) is 5.65 Å². The van der Waals surface area contributed by atoms with E-state index in [2.05, 4.69) is 26.2 Å². The second-order valence-electron chi connectivity index (χ2n) is 5.10. The van der Waals surface area contributed by atoms with Gasteiger partial charge in [0, 0.05) is 27.3 Å². The summed E-state index contributed by atoms with van der Waals surface area (Å²) in [5.41, 5.74) is -2.63. The Morgan fingerprint density at radius 2 is 1.88 bits per heavy atom. The van der Waals surface area contributed by atoms with Gasteiger partial charge in [0.1, 0.15) is 5.65 Å². The Morgan fingerprint density at radius 3 is 2.56 bits per heavy atom. The lowest BCUT2D eigenvalue weighted by atomic mass is 10.2. The van der Waals surface area contributed by atoms with E-state index in [0.717, 1.165) is 10.1 Å². The van der Waals surface area contributed by atoms with E-state index in [1.807, 2.05) is 22.7 Å². The van der Waals surface area contributed by atoms with Crippen LogP contribution in [0.1, 0.15) is 16.1 Å². The fraction of sp³-hybridized carbons (Fsp3) is 0.125. The van der Waals surface area contributed by atoms with E-state index in [4.69, 9.17) is 0 Å². The quantitative estimate of drug-likeness (QED) is 0.614. The first-order chi connectivity index (χ1) is 11.8. The Morgan fingerprint density at radius 1 is 1.16 bits per heavy atom. The number of fused-ring (bicyclic) bond motifs is 1. The van der Waals surface area contributed by atoms with Gasteiger partial charge < -0.3 is 9.72 Å². The number of rotatable bonds is 4. The lowest BCUT2D eigenvalue weighted by Crippen LogP contribution is -2.22. The SMILES string of the molecule is O=C(NCc1cn2cc(Br)ccc2n1)c1ccc(SC(F)(F)F)cc1. The minimum Gasteiger partial charge on any atom is -0.346 e. The highest BCUT2D eigenvalue weighted by Crippen LogP contribution is 2.36. The van der Waals surface area contributed by atoms with Crippen LogP contribution < -0.4 is 5.32 Å². The second kappa shape index (κ2) is 7.09. The first-order valence-corrected chi connectivity index (χ1v) is 8.68. The normalized spacial score (nSPS) is 11.7. The molecule has 0 aliphatic rings. The van der Waals surface area contributed by atoms with Gasteiger partial charge in [-0.15, -0.1) is 0 Å². The Balaban J connectivity index is 1.63. The van der Waals surface area contributed by atoms with Crippen LogP contribution in [-0.2, 0) is 6.54 Å². The number of alkyl halides is 3. The molecule has 0 radical (unpaired) electrons. The van der Waals surface area contributed by atoms with Crippen LogP contribution in [0.2, 0.25) is 0 Å². The van der Waals surface area contributed by atoms with Crippen molar-refractivity contribution < 1.29 is 18.0 Å². The summed E-state index contributed by atoms with van der Waals surface area (Å²) in [4.78, 5) is 16.5. The number of hydrogen-bond acceptors (Lipinski definition) is 3. The summed E-state index contributed by atoms with van der Waals surface area (Å²) in [6.45, 7) is 0.219. The maximum Gasteiger partial charge on any atom is 0.446 e. The molecule has 3 aromatic rings. The molecule has 4 nitrogen and oxygen atoms in total. The third-order valence-electron chi connectivity index (χ3n) is 3.24. The molecule has 25 heavy (non-hydrogen) atoms. The van der Waals surface area contributed by atoms with Crippen LogP contribution in [0.5, 0.6) is 0 Å². The van der Waals surface area contributed by atoms with Crippen molar-refractivity contribution in [2.24, 2.45) is 0 Å². The largest absolute Gasteiger partial charge is 0.446 e. The fourth-order valence-electron chi connectivity index (χ4n) is 2.18. The highest BCUT2D eigenvalue weighted by atomic mass is 79.9. The molecule has 130 valence electrons. The molecule has 0 unspecified atom stereocenters. The van der Waals surface area contributed by atoms with Gasteiger partial charge >= 0.3 is 5.51 Å². The number of amides is 1. The predicted octanol–water partition coefficient (Wildman–Crippen LogP) is 4.64. The van der Waals surface area contributed by atoms with Gasteiger partial charge in [0.2, 0.25) is 0 Å². The Labute approximate surface area is 153 Å². The Kier molecular flexibility index (Phi) is 5.05. The zero-order valence-corrected chi connectivity index (χ0v) is 15.0. The zero-order chi connectivity index (χ0) is 18.0. The molecule has 0 bridgehead atoms. The van der Waals surface area contributed by atoms with Gasteiger partial charge in [-0.05, 0) is 64.1 Å². The predicted molar refractivity (Wildman–Crippen MR) is 92.4 cm³/mol. The van der Waals surface area contributed by atoms with Crippen LogP contribution in [0.4, 0.5) is 13.2 Å². The summed E-state index contributed by atoms with van der Waals surface area (Å²) in [5.74, 6) is -0.373. The molecule has 2 heterocycles. The number of carbonyl (C=O) groups excluding carboxylic acids is 1. The van der Waals surface area contributed by atoms with Crippen molar-refractivity contribution in [1.29, 1.82) is 0 Å². The molecule has 1 N–H and O–H groups in total. The third-order valence-corrected chi connectivity index (χ3v) is 4.45. The molecule has 3 rings (SSSR count). The van der Waals surface area contributed by atoms with E-state index in [1.54, 1.807) is 6.20 Å². The highest BCUT2D eigenvalue weighted by Gasteiger charge is 2.29. The Hall–Kier alpha value is -2.00. The maximum atomic E-state index is 12.3. The lowest BCUT2D eigenvalue weighted by Gasteiger charge is -2.07. The molecule has 9 heteroatoms. The first kappa shape index (κ1) is 17.8. The smallest absolute Gasteiger partial charge is 0.346 e. The molecule has 0 aliphatic heterocycles. The summed E-state index contributed by atoms with van der Waals surface area (Å²) in [6.07, 6.45) is 3.65. The third kappa shape index (κ3) is 4.76. The van der Waals surface area contributed by atoms with Crippen LogP contribution in [0.15, 0.2) is 58.2 Å². The van der Waals surface area contributed by atoms with Crippen LogP contribution in [-0.4, -0.2) is 20.8 Å². The van der Waals surface area contributed by atoms with Crippen LogP contribution in [0.3, 0.4) is 0 Å². The number of nitrogens with zero attached hydrogens (tertiary/aromatic N) is 2. The number of thioether (sulfide) groups is 1. The number of imidazole rings is 1. The van der Waals surface area contributed by atoms with Gasteiger partial charge in [0.25, 0.3) is 5.91 Å². The fourth-order valence-corrected chi connectivity index (χ4v) is 3.08. The number of halogens is 4. The first-order valence-electron chi connectivity index (χ1n) is 7.07. The van der Waals surface area contributed by atoms with E-state index < -0.39 is 5.51 Å². The van der Waals surface area contributed by atoms with Gasteiger partial charge in [-0.25, -0.2) is 4.98 Å². The number of hydrogen-bond donors (Lipinski definition) is 1. The van der Waals surface area contributed by atoms with Crippen molar-refractivity contribution in [2.45, 2.75) is 16.9 Å². The van der Waals surface area contributed by atoms with E-state index in [-0.39, 0.29) is 34.7 Å². The highest BCUT2D eigenvalue weighted by molar-refractivity contribution is 9.10. The van der Waals surface area contributed by atoms with E-state index in [1.165, 1.54) is 24.3 Å². The maximum absolute atomic E-state index is 12.3. The van der Waals surface area contributed by atoms with Crippen molar-refractivity contribution in [1.82, 2.24) is 14.7 Å². The van der Waals surface area contributed by atoms with Crippen molar-refractivity contribution >= 4 is 39.2 Å². The molecule has 0 saturated heterocycles. The molecule has 1 aromatic carbocycles. The van der Waals surface area contributed by atoms with E-state index in [0.29, 0.717) is 5.69 Å². The molecular formula is C16H11BrF3N3OS. The van der Waals surface area contributed by atoms with E-state index in [9.17, 15) is 18.0 Å². The van der Waals surface area contributed by atoms with Crippen molar-refractivity contribution in [3.63, 3.8) is 0 Å². The summed E-state index contributed by atoms with van der Waals surface area (Å²) >= 11 is 3.15. The van der Waals surface area contributed by atoms with Crippen LogP contribution >= 0.6 is 27.7 Å².